The number of ether oxygens (including phenoxy) is 2. The van der Waals surface area contributed by atoms with Gasteiger partial charge in [0, 0.05) is 25.7 Å². The van der Waals surface area contributed by atoms with Crippen molar-refractivity contribution in [2.45, 2.75) is 49.4 Å². The second-order valence-electron chi connectivity index (χ2n) is 10.2. The molecule has 1 aromatic heterocycles. The van der Waals surface area contributed by atoms with Crippen molar-refractivity contribution in [1.82, 2.24) is 14.8 Å². The molecule has 7 nitrogen and oxygen atoms in total. The molecular formula is C25H29B2F3N4O3. The van der Waals surface area contributed by atoms with E-state index in [4.69, 9.17) is 25.2 Å². The van der Waals surface area contributed by atoms with E-state index in [1.54, 1.807) is 23.2 Å². The van der Waals surface area contributed by atoms with Crippen molar-refractivity contribution in [3.63, 3.8) is 0 Å². The van der Waals surface area contributed by atoms with Gasteiger partial charge in [0.05, 0.1) is 42.9 Å². The Balaban J connectivity index is 1.41. The van der Waals surface area contributed by atoms with E-state index in [1.807, 2.05) is 19.1 Å². The van der Waals surface area contributed by atoms with Gasteiger partial charge in [0.25, 0.3) is 5.92 Å². The summed E-state index contributed by atoms with van der Waals surface area (Å²) in [6.07, 6.45) is 2.71. The Morgan fingerprint density at radius 2 is 1.95 bits per heavy atom. The van der Waals surface area contributed by atoms with E-state index in [2.05, 4.69) is 15.2 Å². The lowest BCUT2D eigenvalue weighted by Crippen LogP contribution is -2.54. The number of aromatic nitrogens is 1. The zero-order valence-corrected chi connectivity index (χ0v) is 20.7. The van der Waals surface area contributed by atoms with Gasteiger partial charge in [-0.1, -0.05) is 0 Å². The second kappa shape index (κ2) is 10.0. The minimum Gasteiger partial charge on any atom is -0.468 e. The van der Waals surface area contributed by atoms with Crippen LogP contribution in [-0.2, 0) is 6.42 Å². The van der Waals surface area contributed by atoms with Crippen molar-refractivity contribution in [3.8, 4) is 11.5 Å². The minimum atomic E-state index is -3.29. The van der Waals surface area contributed by atoms with Crippen molar-refractivity contribution >= 4 is 21.4 Å². The van der Waals surface area contributed by atoms with Gasteiger partial charge in [-0.15, -0.1) is 0 Å². The lowest BCUT2D eigenvalue weighted by molar-refractivity contribution is -0.0865. The zero-order chi connectivity index (χ0) is 26.4. The molecule has 3 aliphatic heterocycles. The summed E-state index contributed by atoms with van der Waals surface area (Å²) in [6, 6.07) is 6.56. The van der Waals surface area contributed by atoms with Crippen LogP contribution in [0.2, 0.25) is 0 Å². The number of benzene rings is 1. The molecule has 0 amide bonds. The molecule has 0 spiro atoms. The summed E-state index contributed by atoms with van der Waals surface area (Å²) in [4.78, 5) is 8.48. The topological polar surface area (TPSA) is 70.1 Å². The average molecular weight is 512 g/mol. The molecule has 37 heavy (non-hydrogen) atoms. The van der Waals surface area contributed by atoms with E-state index >= 15 is 0 Å². The summed E-state index contributed by atoms with van der Waals surface area (Å²) in [7, 11) is 11.6. The molecule has 2 atom stereocenters. The van der Waals surface area contributed by atoms with E-state index in [9.17, 15) is 18.3 Å². The number of nitrogens with zero attached hydrogens (tertiary/aromatic N) is 3. The van der Waals surface area contributed by atoms with Gasteiger partial charge in [0.2, 0.25) is 0 Å². The fraction of sp³-hybridized carbons (Fsp3) is 0.560. The van der Waals surface area contributed by atoms with Gasteiger partial charge in [-0.25, -0.2) is 8.78 Å². The van der Waals surface area contributed by atoms with Crippen LogP contribution in [0.5, 0.6) is 11.5 Å². The van der Waals surface area contributed by atoms with E-state index in [0.717, 1.165) is 36.4 Å². The fourth-order valence-electron chi connectivity index (χ4n) is 5.35. The SMILES string of the molecule is [B]C1([B])Oc2cc3c(cc2O1)[C@@H](c1ccc(NC2CN(CCCF)C2)cn1)N(CC(F)(F)CO)[C@H](C)C3. The van der Waals surface area contributed by atoms with Crippen LogP contribution in [0.25, 0.3) is 0 Å². The normalized spacial score (nSPS) is 23.5. The molecule has 0 saturated carbocycles. The highest BCUT2D eigenvalue weighted by atomic mass is 19.3. The third-order valence-corrected chi connectivity index (χ3v) is 7.10. The number of hydrogen-bond donors (Lipinski definition) is 2. The Kier molecular flexibility index (Phi) is 7.10. The number of anilines is 1. The first-order chi connectivity index (χ1) is 17.6. The quantitative estimate of drug-likeness (QED) is 0.500. The van der Waals surface area contributed by atoms with E-state index in [1.165, 1.54) is 0 Å². The van der Waals surface area contributed by atoms with Gasteiger partial charge in [-0.2, -0.15) is 0 Å². The predicted molar refractivity (Wildman–Crippen MR) is 134 cm³/mol. The van der Waals surface area contributed by atoms with Crippen LogP contribution in [0.4, 0.5) is 18.9 Å². The van der Waals surface area contributed by atoms with E-state index in [0.29, 0.717) is 30.0 Å². The standard InChI is InChI=1S/C25H29B2F3N4O3/c1-15-7-16-8-21-22(37-25(26,27)36-21)9-19(16)23(34(15)13-24(29,30)14-35)20-4-3-17(10-31-20)32-18-11-33(12-18)6-2-5-28/h3-4,8-10,15,18,23,32,35H,2,5-7,11-14H2,1H3/t15-,23+/m1/s1. The number of aliphatic hydroxyl groups is 1. The fourth-order valence-corrected chi connectivity index (χ4v) is 5.35. The number of halogens is 3. The molecule has 1 fully saturated rings. The molecule has 0 aliphatic carbocycles. The number of fused-ring (bicyclic) bond motifs is 2. The molecule has 1 aromatic carbocycles. The summed E-state index contributed by atoms with van der Waals surface area (Å²) in [5, 5.41) is 12.7. The maximum Gasteiger partial charge on any atom is 0.283 e. The Labute approximate surface area is 217 Å². The molecule has 1 saturated heterocycles. The van der Waals surface area contributed by atoms with Gasteiger partial charge in [0.15, 0.2) is 32.8 Å². The number of alkyl halides is 3. The third-order valence-electron chi connectivity index (χ3n) is 7.10. The maximum atomic E-state index is 14.4. The number of likely N-dealkylation sites (tertiary alicyclic amines) is 1. The molecule has 4 radical (unpaired) electrons. The highest BCUT2D eigenvalue weighted by Crippen LogP contribution is 2.46. The highest BCUT2D eigenvalue weighted by Gasteiger charge is 2.42. The third kappa shape index (κ3) is 5.56. The smallest absolute Gasteiger partial charge is 0.283 e. The minimum absolute atomic E-state index is 0.245. The number of nitrogens with one attached hydrogen (secondary N) is 1. The Hall–Kier alpha value is -2.43. The van der Waals surface area contributed by atoms with Crippen molar-refractivity contribution in [3.05, 3.63) is 47.3 Å². The summed E-state index contributed by atoms with van der Waals surface area (Å²) in [5.74, 6) is -2.56. The number of hydrogen-bond acceptors (Lipinski definition) is 7. The van der Waals surface area contributed by atoms with Crippen LogP contribution in [0.1, 0.15) is 36.2 Å². The Bertz CT molecular complexity index is 1120. The number of pyridine rings is 1. The van der Waals surface area contributed by atoms with Gasteiger partial charge in [-0.05, 0) is 55.2 Å². The first-order valence-electron chi connectivity index (χ1n) is 12.5. The van der Waals surface area contributed by atoms with Crippen LogP contribution in [0.3, 0.4) is 0 Å². The summed E-state index contributed by atoms with van der Waals surface area (Å²) < 4.78 is 52.2. The molecule has 5 rings (SSSR count). The van der Waals surface area contributed by atoms with Crippen LogP contribution < -0.4 is 14.8 Å². The van der Waals surface area contributed by atoms with Gasteiger partial charge in [0.1, 0.15) is 6.61 Å². The summed E-state index contributed by atoms with van der Waals surface area (Å²) in [5.41, 5.74) is 1.23. The van der Waals surface area contributed by atoms with Crippen LogP contribution in [0.15, 0.2) is 30.5 Å². The molecule has 2 N–H and O–H groups in total. The second-order valence-corrected chi connectivity index (χ2v) is 10.2. The van der Waals surface area contributed by atoms with Crippen molar-refractivity contribution < 1.29 is 27.8 Å². The van der Waals surface area contributed by atoms with Crippen LogP contribution in [0, 0.1) is 0 Å². The monoisotopic (exact) mass is 512 g/mol. The molecular weight excluding hydrogens is 483 g/mol. The largest absolute Gasteiger partial charge is 0.468 e. The summed E-state index contributed by atoms with van der Waals surface area (Å²) in [6.45, 7) is 2.07. The van der Waals surface area contributed by atoms with Gasteiger partial charge >= 0.3 is 0 Å². The van der Waals surface area contributed by atoms with E-state index in [-0.39, 0.29) is 18.8 Å². The lowest BCUT2D eigenvalue weighted by atomic mass is 9.76. The zero-order valence-electron chi connectivity index (χ0n) is 20.7. The van der Waals surface area contributed by atoms with Gasteiger partial charge < -0.3 is 19.9 Å². The van der Waals surface area contributed by atoms with Crippen LogP contribution >= 0.6 is 0 Å². The molecule has 4 heterocycles. The molecule has 194 valence electrons. The first-order valence-corrected chi connectivity index (χ1v) is 12.5. The maximum absolute atomic E-state index is 14.4. The summed E-state index contributed by atoms with van der Waals surface area (Å²) >= 11 is 0. The highest BCUT2D eigenvalue weighted by molar-refractivity contribution is 6.38. The van der Waals surface area contributed by atoms with Crippen molar-refractivity contribution in [1.29, 1.82) is 0 Å². The number of aliphatic hydroxyl groups excluding tert-OH is 1. The first kappa shape index (κ1) is 26.2. The van der Waals surface area contributed by atoms with Crippen LogP contribution in [-0.4, -0.2) is 98.6 Å². The molecule has 0 bridgehead atoms. The van der Waals surface area contributed by atoms with Crippen molar-refractivity contribution in [2.24, 2.45) is 0 Å². The predicted octanol–water partition coefficient (Wildman–Crippen LogP) is 2.22. The van der Waals surface area contributed by atoms with Gasteiger partial charge in [-0.3, -0.25) is 19.2 Å². The molecule has 12 heteroatoms. The molecule has 2 aromatic rings. The number of rotatable bonds is 9. The average Bonchev–Trinajstić information content (AvgIpc) is 3.13. The van der Waals surface area contributed by atoms with E-state index < -0.39 is 30.7 Å². The Morgan fingerprint density at radius 1 is 1.22 bits per heavy atom. The Morgan fingerprint density at radius 3 is 2.59 bits per heavy atom. The van der Waals surface area contributed by atoms with Crippen molar-refractivity contribution in [2.75, 3.05) is 44.8 Å². The lowest BCUT2D eigenvalue weighted by Gasteiger charge is -2.43. The molecule has 0 unspecified atom stereocenters. The molecule has 3 aliphatic rings.